The molecule has 1 amide bonds. The Hall–Kier alpha value is -5.04. The first-order chi connectivity index (χ1) is 21.9. The molecular weight excluding hydrogens is 625 g/mol. The number of halogens is 3. The quantitative estimate of drug-likeness (QED) is 0.210. The molecule has 240 valence electrons. The van der Waals surface area contributed by atoms with Crippen LogP contribution in [-0.2, 0) is 38.6 Å². The first-order valence-electron chi connectivity index (χ1n) is 14.1. The largest absolute Gasteiger partial charge is 0.496 e. The lowest BCUT2D eigenvalue weighted by atomic mass is 10.0. The minimum atomic E-state index is -4.53. The normalized spacial score (nSPS) is 14.4. The van der Waals surface area contributed by atoms with Crippen molar-refractivity contribution in [2.24, 2.45) is 0 Å². The molecule has 4 aromatic rings. The van der Waals surface area contributed by atoms with Crippen molar-refractivity contribution in [3.8, 4) is 22.6 Å². The fraction of sp³-hybridized carbons (Fsp3) is 0.212. The van der Waals surface area contributed by atoms with Crippen LogP contribution in [0.5, 0.6) is 11.5 Å². The SMILES string of the molecule is COc1cccc2c1CC(C(=O)NCCOc1ccc(CC(=O)O)cc1)N2S(=O)(=O)c1ccc(-c2cccc(C(F)(F)F)c2)cc1. The predicted octanol–water partition coefficient (Wildman–Crippen LogP) is 5.32. The number of fused-ring (bicyclic) bond motifs is 1. The number of sulfonamides is 1. The Balaban J connectivity index is 1.34. The van der Waals surface area contributed by atoms with Crippen molar-refractivity contribution in [2.45, 2.75) is 30.0 Å². The highest BCUT2D eigenvalue weighted by atomic mass is 32.2. The number of alkyl halides is 3. The summed E-state index contributed by atoms with van der Waals surface area (Å²) in [6.07, 6.45) is -4.61. The van der Waals surface area contributed by atoms with E-state index in [2.05, 4.69) is 5.32 Å². The second-order valence-electron chi connectivity index (χ2n) is 10.4. The number of hydrogen-bond donors (Lipinski definition) is 2. The fourth-order valence-corrected chi connectivity index (χ4v) is 6.89. The summed E-state index contributed by atoms with van der Waals surface area (Å²) in [7, 11) is -2.88. The van der Waals surface area contributed by atoms with Gasteiger partial charge in [-0.25, -0.2) is 8.42 Å². The van der Waals surface area contributed by atoms with E-state index in [9.17, 15) is 31.2 Å². The zero-order chi connectivity index (χ0) is 33.1. The van der Waals surface area contributed by atoms with Crippen molar-refractivity contribution in [2.75, 3.05) is 24.6 Å². The summed E-state index contributed by atoms with van der Waals surface area (Å²) in [6, 6.07) is 20.4. The standard InChI is InChI=1S/C33H29F3N2O7S/c1-44-30-7-3-6-28-27(30)20-29(32(41)37-16-17-45-25-12-8-21(9-13-25)18-31(39)40)38(28)46(42,43)26-14-10-22(11-15-26)23-4-2-5-24(19-23)33(34,35)36/h2-15,19,29H,16-18,20H2,1H3,(H,37,41)(H,39,40). The van der Waals surface area contributed by atoms with Crippen LogP contribution in [0.3, 0.4) is 0 Å². The molecule has 0 fully saturated rings. The van der Waals surface area contributed by atoms with E-state index >= 15 is 0 Å². The van der Waals surface area contributed by atoms with Crippen molar-refractivity contribution in [3.05, 3.63) is 108 Å². The van der Waals surface area contributed by atoms with Gasteiger partial charge in [0.25, 0.3) is 10.0 Å². The lowest BCUT2D eigenvalue weighted by molar-refractivity contribution is -0.138. The number of carboxylic acid groups (broad SMARTS) is 1. The second kappa shape index (κ2) is 13.1. The summed E-state index contributed by atoms with van der Waals surface area (Å²) in [4.78, 5) is 24.2. The number of hydrogen-bond acceptors (Lipinski definition) is 6. The number of methoxy groups -OCH3 is 1. The molecule has 0 aliphatic carbocycles. The summed E-state index contributed by atoms with van der Waals surface area (Å²) in [5.41, 5.74) is 1.25. The minimum absolute atomic E-state index is 0.0403. The van der Waals surface area contributed by atoms with Gasteiger partial charge in [0, 0.05) is 12.0 Å². The molecule has 5 rings (SSSR count). The van der Waals surface area contributed by atoms with Crippen LogP contribution in [0.25, 0.3) is 11.1 Å². The zero-order valence-electron chi connectivity index (χ0n) is 24.5. The molecule has 1 unspecified atom stereocenters. The Morgan fingerprint density at radius 3 is 2.30 bits per heavy atom. The topological polar surface area (TPSA) is 122 Å². The van der Waals surface area contributed by atoms with E-state index in [-0.39, 0.29) is 42.1 Å². The minimum Gasteiger partial charge on any atom is -0.496 e. The fourth-order valence-electron chi connectivity index (χ4n) is 5.24. The molecule has 0 bridgehead atoms. The maximum absolute atomic E-state index is 14.0. The average molecular weight is 655 g/mol. The van der Waals surface area contributed by atoms with Gasteiger partial charge in [-0.2, -0.15) is 13.2 Å². The van der Waals surface area contributed by atoms with Gasteiger partial charge in [-0.15, -0.1) is 0 Å². The Bertz CT molecular complexity index is 1840. The Kier molecular flexibility index (Phi) is 9.24. The molecule has 1 aliphatic heterocycles. The highest BCUT2D eigenvalue weighted by molar-refractivity contribution is 7.93. The van der Waals surface area contributed by atoms with Crippen LogP contribution in [0.4, 0.5) is 18.9 Å². The number of ether oxygens (including phenoxy) is 2. The number of anilines is 1. The van der Waals surface area contributed by atoms with Gasteiger partial charge in [0.05, 0.1) is 36.2 Å². The predicted molar refractivity (Wildman–Crippen MR) is 163 cm³/mol. The van der Waals surface area contributed by atoms with Gasteiger partial charge in [-0.1, -0.05) is 42.5 Å². The molecule has 4 aromatic carbocycles. The van der Waals surface area contributed by atoms with Crippen molar-refractivity contribution in [3.63, 3.8) is 0 Å². The summed E-state index contributed by atoms with van der Waals surface area (Å²) in [5.74, 6) is -0.629. The molecule has 1 heterocycles. The van der Waals surface area contributed by atoms with E-state index in [4.69, 9.17) is 14.6 Å². The van der Waals surface area contributed by atoms with Gasteiger partial charge in [-0.05, 0) is 65.2 Å². The number of nitrogens with one attached hydrogen (secondary N) is 1. The van der Waals surface area contributed by atoms with E-state index in [0.29, 0.717) is 28.2 Å². The molecule has 2 N–H and O–H groups in total. The van der Waals surface area contributed by atoms with Gasteiger partial charge >= 0.3 is 12.1 Å². The van der Waals surface area contributed by atoms with Gasteiger partial charge in [0.1, 0.15) is 24.1 Å². The molecule has 46 heavy (non-hydrogen) atoms. The number of rotatable bonds is 11. The van der Waals surface area contributed by atoms with Crippen LogP contribution in [-0.4, -0.2) is 51.7 Å². The van der Waals surface area contributed by atoms with Crippen LogP contribution >= 0.6 is 0 Å². The summed E-state index contributed by atoms with van der Waals surface area (Å²) in [5, 5.41) is 11.6. The van der Waals surface area contributed by atoms with Crippen molar-refractivity contribution < 1.29 is 45.8 Å². The zero-order valence-corrected chi connectivity index (χ0v) is 25.3. The molecular formula is C33H29F3N2O7S. The molecule has 0 spiro atoms. The molecule has 1 atom stereocenters. The Morgan fingerprint density at radius 1 is 0.957 bits per heavy atom. The summed E-state index contributed by atoms with van der Waals surface area (Å²) >= 11 is 0. The van der Waals surface area contributed by atoms with Crippen LogP contribution in [0, 0.1) is 0 Å². The second-order valence-corrected chi connectivity index (χ2v) is 12.3. The number of nitrogens with zero attached hydrogens (tertiary/aromatic N) is 1. The summed E-state index contributed by atoms with van der Waals surface area (Å²) < 4.78 is 79.9. The van der Waals surface area contributed by atoms with Crippen LogP contribution < -0.4 is 19.1 Å². The van der Waals surface area contributed by atoms with Crippen molar-refractivity contribution >= 4 is 27.6 Å². The van der Waals surface area contributed by atoms with Crippen LogP contribution in [0.15, 0.2) is 95.9 Å². The monoisotopic (exact) mass is 654 g/mol. The maximum atomic E-state index is 14.0. The highest BCUT2D eigenvalue weighted by Gasteiger charge is 2.43. The van der Waals surface area contributed by atoms with E-state index < -0.39 is 39.7 Å². The lowest BCUT2D eigenvalue weighted by Crippen LogP contribution is -2.48. The maximum Gasteiger partial charge on any atom is 0.416 e. The van der Waals surface area contributed by atoms with E-state index in [1.165, 1.54) is 43.5 Å². The molecule has 0 saturated heterocycles. The number of carbonyl (C=O) groups is 2. The number of amides is 1. The molecule has 9 nitrogen and oxygen atoms in total. The Morgan fingerprint density at radius 2 is 1.65 bits per heavy atom. The van der Waals surface area contributed by atoms with E-state index in [1.807, 2.05) is 0 Å². The van der Waals surface area contributed by atoms with Gasteiger partial charge in [0.2, 0.25) is 5.91 Å². The molecule has 13 heteroatoms. The summed E-state index contributed by atoms with van der Waals surface area (Å²) in [6.45, 7) is 0.121. The van der Waals surface area contributed by atoms with Gasteiger partial charge in [0.15, 0.2) is 0 Å². The lowest BCUT2D eigenvalue weighted by Gasteiger charge is -2.26. The average Bonchev–Trinajstić information content (AvgIpc) is 3.44. The van der Waals surface area contributed by atoms with Crippen LogP contribution in [0.1, 0.15) is 16.7 Å². The number of aliphatic carboxylic acids is 1. The van der Waals surface area contributed by atoms with Crippen molar-refractivity contribution in [1.29, 1.82) is 0 Å². The molecule has 0 saturated carbocycles. The Labute approximate surface area is 263 Å². The van der Waals surface area contributed by atoms with Gasteiger partial charge < -0.3 is 19.9 Å². The highest BCUT2D eigenvalue weighted by Crippen LogP contribution is 2.42. The molecule has 1 aliphatic rings. The van der Waals surface area contributed by atoms with E-state index in [0.717, 1.165) is 16.4 Å². The number of benzene rings is 4. The first kappa shape index (κ1) is 32.4. The van der Waals surface area contributed by atoms with Crippen molar-refractivity contribution in [1.82, 2.24) is 5.32 Å². The van der Waals surface area contributed by atoms with Crippen LogP contribution in [0.2, 0.25) is 0 Å². The first-order valence-corrected chi connectivity index (χ1v) is 15.5. The molecule has 0 aromatic heterocycles. The third-order valence-corrected chi connectivity index (χ3v) is 9.27. The smallest absolute Gasteiger partial charge is 0.416 e. The number of carboxylic acids is 1. The number of carbonyl (C=O) groups excluding carboxylic acids is 1. The third kappa shape index (κ3) is 6.94. The van der Waals surface area contributed by atoms with Gasteiger partial charge in [-0.3, -0.25) is 13.9 Å². The molecule has 0 radical (unpaired) electrons. The third-order valence-electron chi connectivity index (χ3n) is 7.43. The van der Waals surface area contributed by atoms with E-state index in [1.54, 1.807) is 42.5 Å².